The molecule has 5 nitrogen and oxygen atoms in total. The highest BCUT2D eigenvalue weighted by Crippen LogP contribution is 2.34. The Labute approximate surface area is 162 Å². The summed E-state index contributed by atoms with van der Waals surface area (Å²) in [6, 6.07) is 5.47. The fraction of sp³-hybridized carbons (Fsp3) is 0.200. The zero-order chi connectivity index (χ0) is 17.3. The minimum absolute atomic E-state index is 0.139. The normalized spacial score (nSPS) is 11.2. The molecule has 0 aliphatic heterocycles. The largest absolute Gasteiger partial charge is 0.299 e. The van der Waals surface area contributed by atoms with E-state index in [9.17, 15) is 0 Å². The Bertz CT molecular complexity index is 867. The molecule has 2 heterocycles. The Hall–Kier alpha value is -1.15. The van der Waals surface area contributed by atoms with Crippen LogP contribution in [0.1, 0.15) is 19.9 Å². The summed E-state index contributed by atoms with van der Waals surface area (Å²) in [5.74, 6) is 0.686. The van der Waals surface area contributed by atoms with Crippen molar-refractivity contribution in [2.45, 2.75) is 30.2 Å². The summed E-state index contributed by atoms with van der Waals surface area (Å²) in [6.07, 6.45) is 3.39. The third-order valence-electron chi connectivity index (χ3n) is 3.13. The number of benzene rings is 1. The number of nitrogens with zero attached hydrogens (tertiary/aromatic N) is 5. The Morgan fingerprint density at radius 2 is 1.83 bits per heavy atom. The summed E-state index contributed by atoms with van der Waals surface area (Å²) < 4.78 is 2.83. The molecule has 3 aromatic rings. The van der Waals surface area contributed by atoms with Crippen LogP contribution in [0.25, 0.3) is 11.4 Å². The van der Waals surface area contributed by atoms with Crippen molar-refractivity contribution in [3.63, 3.8) is 0 Å². The Kier molecular flexibility index (Phi) is 5.44. The minimum atomic E-state index is 0.139. The summed E-state index contributed by atoms with van der Waals surface area (Å²) in [7, 11) is 0. The first-order valence-corrected chi connectivity index (χ1v) is 9.38. The molecular weight excluding hydrogens is 433 g/mol. The summed E-state index contributed by atoms with van der Waals surface area (Å²) in [5, 5.41) is 11.0. The van der Waals surface area contributed by atoms with Gasteiger partial charge in [-0.1, -0.05) is 23.2 Å². The van der Waals surface area contributed by atoms with E-state index in [-0.39, 0.29) is 6.04 Å². The van der Waals surface area contributed by atoms with Crippen LogP contribution in [0.15, 0.2) is 45.4 Å². The van der Waals surface area contributed by atoms with Crippen molar-refractivity contribution in [3.8, 4) is 11.4 Å². The van der Waals surface area contributed by atoms with Crippen molar-refractivity contribution in [2.24, 2.45) is 0 Å². The van der Waals surface area contributed by atoms with Crippen LogP contribution < -0.4 is 0 Å². The first-order valence-electron chi connectivity index (χ1n) is 7.01. The maximum absolute atomic E-state index is 6.33. The van der Waals surface area contributed by atoms with E-state index in [1.165, 1.54) is 11.8 Å². The topological polar surface area (TPSA) is 56.5 Å². The van der Waals surface area contributed by atoms with Gasteiger partial charge in [-0.05, 0) is 59.7 Å². The van der Waals surface area contributed by atoms with E-state index in [2.05, 4.69) is 49.9 Å². The monoisotopic (exact) mass is 443 g/mol. The molecule has 0 spiro atoms. The van der Waals surface area contributed by atoms with Gasteiger partial charge >= 0.3 is 0 Å². The molecule has 124 valence electrons. The van der Waals surface area contributed by atoms with Crippen LogP contribution in [0.5, 0.6) is 0 Å². The van der Waals surface area contributed by atoms with Crippen LogP contribution >= 0.6 is 50.9 Å². The van der Waals surface area contributed by atoms with Gasteiger partial charge in [0, 0.05) is 29.0 Å². The molecule has 0 amide bonds. The maximum atomic E-state index is 6.33. The molecule has 0 saturated heterocycles. The number of aromatic nitrogens is 5. The highest BCUT2D eigenvalue weighted by Gasteiger charge is 2.20. The van der Waals surface area contributed by atoms with Gasteiger partial charge in [-0.3, -0.25) is 4.57 Å². The molecule has 0 fully saturated rings. The Morgan fingerprint density at radius 1 is 1.12 bits per heavy atom. The molecule has 0 N–H and O–H groups in total. The molecule has 9 heteroatoms. The second kappa shape index (κ2) is 7.39. The fourth-order valence-corrected chi connectivity index (χ4v) is 3.65. The van der Waals surface area contributed by atoms with Crippen molar-refractivity contribution in [2.75, 3.05) is 0 Å². The van der Waals surface area contributed by atoms with Crippen molar-refractivity contribution in [3.05, 3.63) is 45.1 Å². The fourth-order valence-electron chi connectivity index (χ4n) is 2.10. The molecule has 0 saturated carbocycles. The lowest BCUT2D eigenvalue weighted by atomic mass is 10.2. The van der Waals surface area contributed by atoms with E-state index < -0.39 is 0 Å². The van der Waals surface area contributed by atoms with E-state index in [0.29, 0.717) is 26.2 Å². The molecule has 0 unspecified atom stereocenters. The predicted molar refractivity (Wildman–Crippen MR) is 99.7 cm³/mol. The number of rotatable bonds is 4. The van der Waals surface area contributed by atoms with Crippen molar-refractivity contribution >= 4 is 50.9 Å². The predicted octanol–water partition coefficient (Wildman–Crippen LogP) is 5.54. The smallest absolute Gasteiger partial charge is 0.199 e. The quantitative estimate of drug-likeness (QED) is 0.494. The van der Waals surface area contributed by atoms with E-state index in [1.807, 2.05) is 10.6 Å². The summed E-state index contributed by atoms with van der Waals surface area (Å²) >= 11 is 17.0. The summed E-state index contributed by atoms with van der Waals surface area (Å²) in [5.41, 5.74) is 0.783. The first-order chi connectivity index (χ1) is 11.5. The molecule has 24 heavy (non-hydrogen) atoms. The number of halogens is 3. The Balaban J connectivity index is 2.03. The maximum Gasteiger partial charge on any atom is 0.199 e. The molecule has 0 aliphatic rings. The minimum Gasteiger partial charge on any atom is -0.299 e. The van der Waals surface area contributed by atoms with Gasteiger partial charge in [-0.25, -0.2) is 9.97 Å². The zero-order valence-electron chi connectivity index (χ0n) is 12.7. The molecule has 0 atom stereocenters. The van der Waals surface area contributed by atoms with E-state index >= 15 is 0 Å². The van der Waals surface area contributed by atoms with Crippen LogP contribution in [0.4, 0.5) is 0 Å². The molecule has 0 radical (unpaired) electrons. The molecule has 3 rings (SSSR count). The molecule has 2 aromatic heterocycles. The SMILES string of the molecule is CC(C)n1c(Sc2ncc(Br)cn2)nnc1-c1ccc(Cl)cc1Cl. The van der Waals surface area contributed by atoms with Gasteiger partial charge in [-0.15, -0.1) is 10.2 Å². The van der Waals surface area contributed by atoms with Crippen molar-refractivity contribution in [1.29, 1.82) is 0 Å². The first kappa shape index (κ1) is 17.7. The van der Waals surface area contributed by atoms with Gasteiger partial charge in [0.25, 0.3) is 0 Å². The van der Waals surface area contributed by atoms with Gasteiger partial charge in [0.1, 0.15) is 0 Å². The highest BCUT2D eigenvalue weighted by atomic mass is 79.9. The van der Waals surface area contributed by atoms with Crippen LogP contribution in [-0.4, -0.2) is 24.7 Å². The van der Waals surface area contributed by atoms with Gasteiger partial charge in [0.15, 0.2) is 16.1 Å². The van der Waals surface area contributed by atoms with Crippen LogP contribution in [0, 0.1) is 0 Å². The molecule has 0 bridgehead atoms. The van der Waals surface area contributed by atoms with Gasteiger partial charge in [0.05, 0.1) is 9.50 Å². The molecule has 1 aromatic carbocycles. The third kappa shape index (κ3) is 3.74. The lowest BCUT2D eigenvalue weighted by Crippen LogP contribution is -2.05. The van der Waals surface area contributed by atoms with Crippen molar-refractivity contribution in [1.82, 2.24) is 24.7 Å². The average molecular weight is 445 g/mol. The Morgan fingerprint density at radius 3 is 2.46 bits per heavy atom. The zero-order valence-corrected chi connectivity index (χ0v) is 16.7. The van der Waals surface area contributed by atoms with Gasteiger partial charge in [-0.2, -0.15) is 0 Å². The van der Waals surface area contributed by atoms with Gasteiger partial charge in [0.2, 0.25) is 0 Å². The summed E-state index contributed by atoms with van der Waals surface area (Å²) in [6.45, 7) is 4.12. The lowest BCUT2D eigenvalue weighted by Gasteiger charge is -2.14. The molecular formula is C15H12BrCl2N5S. The van der Waals surface area contributed by atoms with Crippen LogP contribution in [0.2, 0.25) is 10.0 Å². The molecule has 0 aliphatic carbocycles. The second-order valence-corrected chi connectivity index (χ2v) is 7.87. The van der Waals surface area contributed by atoms with Crippen LogP contribution in [-0.2, 0) is 0 Å². The average Bonchev–Trinajstić information content (AvgIpc) is 2.93. The number of hydrogen-bond acceptors (Lipinski definition) is 5. The van der Waals surface area contributed by atoms with Crippen molar-refractivity contribution < 1.29 is 0 Å². The standard InChI is InChI=1S/C15H12BrCl2N5S/c1-8(2)23-13(11-4-3-10(17)5-12(11)18)21-22-15(23)24-14-19-6-9(16)7-20-14/h3-8H,1-2H3. The van der Waals surface area contributed by atoms with E-state index in [0.717, 1.165) is 10.0 Å². The second-order valence-electron chi connectivity index (χ2n) is 5.18. The van der Waals surface area contributed by atoms with E-state index in [1.54, 1.807) is 24.5 Å². The van der Waals surface area contributed by atoms with E-state index in [4.69, 9.17) is 23.2 Å². The third-order valence-corrected chi connectivity index (χ3v) is 4.94. The number of hydrogen-bond donors (Lipinski definition) is 0. The lowest BCUT2D eigenvalue weighted by molar-refractivity contribution is 0.554. The highest BCUT2D eigenvalue weighted by molar-refractivity contribution is 9.10. The summed E-state index contributed by atoms with van der Waals surface area (Å²) in [4.78, 5) is 8.53. The van der Waals surface area contributed by atoms with Crippen LogP contribution in [0.3, 0.4) is 0 Å². The van der Waals surface area contributed by atoms with Gasteiger partial charge < -0.3 is 0 Å².